The van der Waals surface area contributed by atoms with Crippen LogP contribution in [0.4, 0.5) is 0 Å². The van der Waals surface area contributed by atoms with Crippen LogP contribution in [0.3, 0.4) is 0 Å². The van der Waals surface area contributed by atoms with Crippen LogP contribution in [0.15, 0.2) is 17.3 Å². The number of nitrogens with zero attached hydrogens (tertiary/aromatic N) is 2. The van der Waals surface area contributed by atoms with Gasteiger partial charge in [0.1, 0.15) is 5.56 Å². The molecule has 3 N–H and O–H groups in total. The highest BCUT2D eigenvalue weighted by Crippen LogP contribution is 2.04. The highest BCUT2D eigenvalue weighted by Gasteiger charge is 2.15. The van der Waals surface area contributed by atoms with E-state index >= 15 is 0 Å². The molecule has 0 aliphatic carbocycles. The first kappa shape index (κ1) is 13.0. The van der Waals surface area contributed by atoms with Gasteiger partial charge in [0.25, 0.3) is 11.5 Å². The number of carbonyl (C=O) groups excluding carboxylic acids is 1. The minimum absolute atomic E-state index is 0.122. The molecule has 2 heterocycles. The van der Waals surface area contributed by atoms with Crippen LogP contribution in [0.2, 0.25) is 0 Å². The van der Waals surface area contributed by atoms with Gasteiger partial charge in [-0.1, -0.05) is 0 Å². The highest BCUT2D eigenvalue weighted by atomic mass is 16.2. The number of carbonyl (C=O) groups is 1. The SMILES string of the molecule is Cc1n[nH]c(=O)c(C(=O)NCCc2cnc[nH]2)c1C. The molecule has 100 valence electrons. The van der Waals surface area contributed by atoms with Gasteiger partial charge in [-0.25, -0.2) is 10.1 Å². The van der Waals surface area contributed by atoms with E-state index in [4.69, 9.17) is 0 Å². The Kier molecular flexibility index (Phi) is 3.74. The number of aromatic amines is 2. The Labute approximate surface area is 109 Å². The number of hydrogen-bond donors (Lipinski definition) is 3. The van der Waals surface area contributed by atoms with E-state index in [9.17, 15) is 9.59 Å². The number of imidazole rings is 1. The third-order valence-electron chi connectivity index (χ3n) is 2.93. The molecule has 19 heavy (non-hydrogen) atoms. The first-order valence-corrected chi connectivity index (χ1v) is 5.91. The summed E-state index contributed by atoms with van der Waals surface area (Å²) in [5.41, 5.74) is 1.82. The second-order valence-electron chi connectivity index (χ2n) is 4.22. The maximum Gasteiger partial charge on any atom is 0.277 e. The Hall–Kier alpha value is -2.44. The molecule has 2 aromatic rings. The van der Waals surface area contributed by atoms with Crippen molar-refractivity contribution in [2.24, 2.45) is 0 Å². The molecule has 0 bridgehead atoms. The number of nitrogens with one attached hydrogen (secondary N) is 3. The Morgan fingerprint density at radius 1 is 1.42 bits per heavy atom. The highest BCUT2D eigenvalue weighted by molar-refractivity contribution is 5.95. The topological polar surface area (TPSA) is 104 Å². The number of H-pyrrole nitrogens is 2. The molecule has 1 amide bonds. The molecule has 0 aromatic carbocycles. The molecule has 0 radical (unpaired) electrons. The maximum absolute atomic E-state index is 12.0. The first-order chi connectivity index (χ1) is 9.09. The molecule has 0 atom stereocenters. The summed E-state index contributed by atoms with van der Waals surface area (Å²) in [6.45, 7) is 3.88. The van der Waals surface area contributed by atoms with Crippen LogP contribution in [0.5, 0.6) is 0 Å². The fourth-order valence-corrected chi connectivity index (χ4v) is 1.72. The fraction of sp³-hybridized carbons (Fsp3) is 0.333. The van der Waals surface area contributed by atoms with E-state index in [0.717, 1.165) is 5.69 Å². The minimum Gasteiger partial charge on any atom is -0.351 e. The van der Waals surface area contributed by atoms with Crippen LogP contribution in [-0.4, -0.2) is 32.6 Å². The predicted molar refractivity (Wildman–Crippen MR) is 69.0 cm³/mol. The lowest BCUT2D eigenvalue weighted by molar-refractivity contribution is 0.0951. The quantitative estimate of drug-likeness (QED) is 0.725. The van der Waals surface area contributed by atoms with E-state index in [1.54, 1.807) is 26.4 Å². The van der Waals surface area contributed by atoms with Gasteiger partial charge in [0, 0.05) is 24.9 Å². The maximum atomic E-state index is 12.0. The van der Waals surface area contributed by atoms with Crippen molar-refractivity contribution in [2.75, 3.05) is 6.54 Å². The summed E-state index contributed by atoms with van der Waals surface area (Å²) in [6.07, 6.45) is 3.91. The molecule has 0 saturated carbocycles. The van der Waals surface area contributed by atoms with Crippen molar-refractivity contribution < 1.29 is 4.79 Å². The van der Waals surface area contributed by atoms with E-state index in [0.29, 0.717) is 24.2 Å². The molecule has 0 unspecified atom stereocenters. The molecule has 0 aliphatic rings. The molecular weight excluding hydrogens is 246 g/mol. The third kappa shape index (κ3) is 2.87. The molecule has 2 rings (SSSR count). The Morgan fingerprint density at radius 3 is 2.89 bits per heavy atom. The lowest BCUT2D eigenvalue weighted by atomic mass is 10.1. The standard InChI is InChI=1S/C12H15N5O2/c1-7-8(2)16-17-12(19)10(7)11(18)14-4-3-9-5-13-6-15-9/h5-6H,3-4H2,1-2H3,(H,13,15)(H,14,18)(H,17,19). The van der Waals surface area contributed by atoms with Crippen LogP contribution in [-0.2, 0) is 6.42 Å². The van der Waals surface area contributed by atoms with Crippen molar-refractivity contribution in [1.82, 2.24) is 25.5 Å². The van der Waals surface area contributed by atoms with Gasteiger partial charge in [-0.2, -0.15) is 5.10 Å². The molecule has 2 aromatic heterocycles. The third-order valence-corrected chi connectivity index (χ3v) is 2.93. The van der Waals surface area contributed by atoms with Gasteiger partial charge < -0.3 is 10.3 Å². The van der Waals surface area contributed by atoms with Gasteiger partial charge in [0.2, 0.25) is 0 Å². The second-order valence-corrected chi connectivity index (χ2v) is 4.22. The van der Waals surface area contributed by atoms with E-state index in [1.165, 1.54) is 0 Å². The molecule has 0 spiro atoms. The Bertz CT molecular complexity index is 630. The zero-order valence-electron chi connectivity index (χ0n) is 10.8. The van der Waals surface area contributed by atoms with Crippen LogP contribution in [0.25, 0.3) is 0 Å². The van der Waals surface area contributed by atoms with Gasteiger partial charge in [-0.15, -0.1) is 0 Å². The van der Waals surface area contributed by atoms with Crippen molar-refractivity contribution in [3.63, 3.8) is 0 Å². The second kappa shape index (κ2) is 5.47. The normalized spacial score (nSPS) is 10.4. The summed E-state index contributed by atoms with van der Waals surface area (Å²) in [5.74, 6) is -0.385. The number of aromatic nitrogens is 4. The predicted octanol–water partition coefficient (Wildman–Crippen LogP) is 0.0823. The summed E-state index contributed by atoms with van der Waals surface area (Å²) in [7, 11) is 0. The van der Waals surface area contributed by atoms with E-state index < -0.39 is 5.56 Å². The zero-order chi connectivity index (χ0) is 13.8. The summed E-state index contributed by atoms with van der Waals surface area (Å²) in [4.78, 5) is 30.4. The van der Waals surface area contributed by atoms with Crippen LogP contribution in [0, 0.1) is 13.8 Å². The van der Waals surface area contributed by atoms with Crippen molar-refractivity contribution in [3.05, 3.63) is 45.4 Å². The van der Waals surface area contributed by atoms with Gasteiger partial charge >= 0.3 is 0 Å². The minimum atomic E-state index is -0.470. The van der Waals surface area contributed by atoms with E-state index in [1.807, 2.05) is 0 Å². The molecule has 0 fully saturated rings. The van der Waals surface area contributed by atoms with Crippen LogP contribution >= 0.6 is 0 Å². The van der Waals surface area contributed by atoms with Crippen molar-refractivity contribution in [1.29, 1.82) is 0 Å². The Balaban J connectivity index is 2.04. The molecule has 0 saturated heterocycles. The number of aryl methyl sites for hydroxylation is 1. The summed E-state index contributed by atoms with van der Waals surface area (Å²) >= 11 is 0. The van der Waals surface area contributed by atoms with E-state index in [-0.39, 0.29) is 11.5 Å². The molecule has 7 heteroatoms. The smallest absolute Gasteiger partial charge is 0.277 e. The lowest BCUT2D eigenvalue weighted by Gasteiger charge is -2.07. The zero-order valence-corrected chi connectivity index (χ0v) is 10.8. The lowest BCUT2D eigenvalue weighted by Crippen LogP contribution is -2.33. The van der Waals surface area contributed by atoms with E-state index in [2.05, 4.69) is 25.5 Å². The Morgan fingerprint density at radius 2 is 2.21 bits per heavy atom. The average molecular weight is 261 g/mol. The van der Waals surface area contributed by atoms with Crippen molar-refractivity contribution in [2.45, 2.75) is 20.3 Å². The fourth-order valence-electron chi connectivity index (χ4n) is 1.72. The summed E-state index contributed by atoms with van der Waals surface area (Å²) < 4.78 is 0. The largest absolute Gasteiger partial charge is 0.351 e. The number of hydrogen-bond acceptors (Lipinski definition) is 4. The van der Waals surface area contributed by atoms with Crippen LogP contribution < -0.4 is 10.9 Å². The van der Waals surface area contributed by atoms with Gasteiger partial charge in [0.15, 0.2) is 0 Å². The molecular formula is C12H15N5O2. The number of amides is 1. The average Bonchev–Trinajstić information content (AvgIpc) is 2.87. The molecule has 7 nitrogen and oxygen atoms in total. The number of rotatable bonds is 4. The van der Waals surface area contributed by atoms with Crippen LogP contribution in [0.1, 0.15) is 27.3 Å². The monoisotopic (exact) mass is 261 g/mol. The van der Waals surface area contributed by atoms with Crippen molar-refractivity contribution >= 4 is 5.91 Å². The van der Waals surface area contributed by atoms with Gasteiger partial charge in [-0.05, 0) is 19.4 Å². The van der Waals surface area contributed by atoms with Crippen molar-refractivity contribution in [3.8, 4) is 0 Å². The van der Waals surface area contributed by atoms with Gasteiger partial charge in [-0.3, -0.25) is 9.59 Å². The summed E-state index contributed by atoms with van der Waals surface area (Å²) in [5, 5.41) is 8.83. The first-order valence-electron chi connectivity index (χ1n) is 5.91. The molecule has 0 aliphatic heterocycles. The van der Waals surface area contributed by atoms with Gasteiger partial charge in [0.05, 0.1) is 12.0 Å². The summed E-state index contributed by atoms with van der Waals surface area (Å²) in [6, 6.07) is 0.